The molecule has 0 aliphatic rings. The maximum Gasteiger partial charge on any atom is 0.102 e. The van der Waals surface area contributed by atoms with Crippen LogP contribution in [0.1, 0.15) is 16.0 Å². The molecule has 17 heavy (non-hydrogen) atoms. The summed E-state index contributed by atoms with van der Waals surface area (Å²) in [6.45, 7) is 2.10. The van der Waals surface area contributed by atoms with Crippen molar-refractivity contribution in [2.45, 2.75) is 6.92 Å². The monoisotopic (exact) mass is 276 g/mol. The van der Waals surface area contributed by atoms with Gasteiger partial charge in [0.1, 0.15) is 3.82 Å². The molecule has 0 atom stereocenters. The summed E-state index contributed by atoms with van der Waals surface area (Å²) >= 11 is 5.08. The minimum atomic E-state index is 0.956. The van der Waals surface area contributed by atoms with Crippen LogP contribution in [0.25, 0.3) is 12.2 Å². The van der Waals surface area contributed by atoms with E-state index in [1.54, 1.807) is 20.7 Å². The van der Waals surface area contributed by atoms with E-state index in [9.17, 15) is 0 Å². The van der Waals surface area contributed by atoms with E-state index in [1.807, 2.05) is 6.07 Å². The van der Waals surface area contributed by atoms with E-state index in [0.29, 0.717) is 0 Å². The van der Waals surface area contributed by atoms with Crippen molar-refractivity contribution >= 4 is 45.1 Å². The smallest absolute Gasteiger partial charge is 0.0792 e. The Labute approximate surface area is 114 Å². The van der Waals surface area contributed by atoms with Crippen molar-refractivity contribution in [3.8, 4) is 0 Å². The third-order valence-corrected chi connectivity index (χ3v) is 5.04. The second kappa shape index (κ2) is 6.05. The molecule has 0 aliphatic carbocycles. The van der Waals surface area contributed by atoms with E-state index in [-0.39, 0.29) is 0 Å². The quantitative estimate of drug-likeness (QED) is 0.401. The van der Waals surface area contributed by atoms with Crippen LogP contribution in [-0.4, -0.2) is 0 Å². The number of rotatable bonds is 3. The van der Waals surface area contributed by atoms with Crippen molar-refractivity contribution in [2.24, 2.45) is 0 Å². The molecule has 0 spiro atoms. The maximum absolute atomic E-state index is 5.08. The third-order valence-electron chi connectivity index (χ3n) is 2.18. The van der Waals surface area contributed by atoms with E-state index >= 15 is 0 Å². The lowest BCUT2D eigenvalue weighted by Gasteiger charge is -1.93. The lowest BCUT2D eigenvalue weighted by Crippen LogP contribution is -1.73. The summed E-state index contributed by atoms with van der Waals surface area (Å²) in [5.74, 6) is 0. The van der Waals surface area contributed by atoms with E-state index in [2.05, 4.69) is 55.5 Å². The molecule has 1 aromatic carbocycles. The first-order valence-electron chi connectivity index (χ1n) is 5.26. The minimum absolute atomic E-state index is 0.956. The largest absolute Gasteiger partial charge is 0.102 e. The van der Waals surface area contributed by atoms with Crippen molar-refractivity contribution < 1.29 is 0 Å². The van der Waals surface area contributed by atoms with Crippen LogP contribution < -0.4 is 0 Å². The van der Waals surface area contributed by atoms with Gasteiger partial charge in [0, 0.05) is 4.88 Å². The molecule has 1 aromatic heterocycles. The summed E-state index contributed by atoms with van der Waals surface area (Å²) < 4.78 is 0.956. The summed E-state index contributed by atoms with van der Waals surface area (Å²) in [4.78, 5) is 1.22. The highest BCUT2D eigenvalue weighted by Crippen LogP contribution is 2.19. The van der Waals surface area contributed by atoms with Crippen LogP contribution >= 0.6 is 32.9 Å². The van der Waals surface area contributed by atoms with Gasteiger partial charge in [0.25, 0.3) is 0 Å². The molecule has 0 nitrogen and oxygen atoms in total. The molecular formula is C14H12S3. The van der Waals surface area contributed by atoms with Gasteiger partial charge in [-0.05, 0) is 24.6 Å². The lowest BCUT2D eigenvalue weighted by atomic mass is 10.1. The zero-order chi connectivity index (χ0) is 12.1. The van der Waals surface area contributed by atoms with Crippen LogP contribution in [0.5, 0.6) is 0 Å². The number of benzene rings is 1. The van der Waals surface area contributed by atoms with E-state index in [4.69, 9.17) is 12.2 Å². The Hall–Kier alpha value is -1.03. The molecule has 0 N–H and O–H groups in total. The molecule has 0 aliphatic heterocycles. The van der Waals surface area contributed by atoms with Gasteiger partial charge in [0.15, 0.2) is 0 Å². The molecule has 2 aromatic rings. The topological polar surface area (TPSA) is 0 Å². The summed E-state index contributed by atoms with van der Waals surface area (Å²) in [5, 5.41) is 0. The highest BCUT2D eigenvalue weighted by molar-refractivity contribution is 7.79. The molecule has 0 unspecified atom stereocenters. The first kappa shape index (κ1) is 12.4. The minimum Gasteiger partial charge on any atom is -0.0792 e. The molecule has 0 radical (unpaired) electrons. The molecule has 0 fully saturated rings. The Morgan fingerprint density at radius 3 is 2.59 bits per heavy atom. The Bertz CT molecular complexity index is 600. The number of hydrogen-bond donors (Lipinski definition) is 0. The van der Waals surface area contributed by atoms with Gasteiger partial charge >= 0.3 is 0 Å². The second-order valence-electron chi connectivity index (χ2n) is 3.66. The maximum atomic E-state index is 5.08. The highest BCUT2D eigenvalue weighted by Gasteiger charge is 1.88. The SMILES string of the molecule is Cc1cccc(C=CC=Cc2cc(=S)ss2)c1. The molecule has 2 rings (SSSR count). The van der Waals surface area contributed by atoms with Gasteiger partial charge in [-0.3, -0.25) is 0 Å². The fourth-order valence-corrected chi connectivity index (χ4v) is 3.65. The predicted molar refractivity (Wildman–Crippen MR) is 82.3 cm³/mol. The van der Waals surface area contributed by atoms with Gasteiger partial charge in [-0.2, -0.15) is 0 Å². The van der Waals surface area contributed by atoms with E-state index in [1.165, 1.54) is 16.0 Å². The van der Waals surface area contributed by atoms with Crippen LogP contribution in [-0.2, 0) is 0 Å². The van der Waals surface area contributed by atoms with Crippen LogP contribution in [0, 0.1) is 10.7 Å². The fourth-order valence-electron chi connectivity index (χ4n) is 1.42. The number of aryl methyl sites for hydroxylation is 1. The molecule has 0 saturated heterocycles. The van der Waals surface area contributed by atoms with E-state index < -0.39 is 0 Å². The third kappa shape index (κ3) is 4.04. The predicted octanol–water partition coefficient (Wildman–Crippen LogP) is 5.57. The van der Waals surface area contributed by atoms with Crippen molar-refractivity contribution in [3.05, 3.63) is 62.3 Å². The summed E-state index contributed by atoms with van der Waals surface area (Å²) in [6, 6.07) is 10.5. The molecular weight excluding hydrogens is 264 g/mol. The molecule has 1 heterocycles. The normalized spacial score (nSPS) is 11.6. The first-order chi connectivity index (χ1) is 8.24. The Morgan fingerprint density at radius 1 is 1.06 bits per heavy atom. The van der Waals surface area contributed by atoms with Crippen LogP contribution in [0.4, 0.5) is 0 Å². The van der Waals surface area contributed by atoms with Crippen LogP contribution in [0.2, 0.25) is 0 Å². The molecule has 0 bridgehead atoms. The lowest BCUT2D eigenvalue weighted by molar-refractivity contribution is 1.46. The molecule has 0 amide bonds. The second-order valence-corrected chi connectivity index (χ2v) is 6.61. The zero-order valence-corrected chi connectivity index (χ0v) is 11.9. The van der Waals surface area contributed by atoms with Gasteiger partial charge < -0.3 is 0 Å². The van der Waals surface area contributed by atoms with Gasteiger partial charge in [-0.15, -0.1) is 0 Å². The van der Waals surface area contributed by atoms with E-state index in [0.717, 1.165) is 3.82 Å². The standard InChI is InChI=1S/C14H12S3/c1-11-5-4-7-12(9-11)6-2-3-8-13-10-14(15)17-16-13/h2-10H,1H3. The summed E-state index contributed by atoms with van der Waals surface area (Å²) in [7, 11) is 3.36. The van der Waals surface area contributed by atoms with Crippen LogP contribution in [0.15, 0.2) is 42.5 Å². The zero-order valence-electron chi connectivity index (χ0n) is 9.42. The first-order valence-corrected chi connectivity index (χ1v) is 7.81. The average molecular weight is 276 g/mol. The number of allylic oxidation sites excluding steroid dienone is 2. The van der Waals surface area contributed by atoms with Crippen molar-refractivity contribution in [1.29, 1.82) is 0 Å². The summed E-state index contributed by atoms with van der Waals surface area (Å²) in [6.07, 6.45) is 8.30. The average Bonchev–Trinajstić information content (AvgIpc) is 2.71. The van der Waals surface area contributed by atoms with Crippen molar-refractivity contribution in [3.63, 3.8) is 0 Å². The van der Waals surface area contributed by atoms with Crippen LogP contribution in [0.3, 0.4) is 0 Å². The van der Waals surface area contributed by atoms with Crippen molar-refractivity contribution in [1.82, 2.24) is 0 Å². The molecule has 0 saturated carbocycles. The van der Waals surface area contributed by atoms with Gasteiger partial charge in [-0.25, -0.2) is 0 Å². The Kier molecular flexibility index (Phi) is 4.42. The fraction of sp³-hybridized carbons (Fsp3) is 0.0714. The highest BCUT2D eigenvalue weighted by atomic mass is 32.9. The summed E-state index contributed by atoms with van der Waals surface area (Å²) in [5.41, 5.74) is 2.51. The Balaban J connectivity index is 2.02. The Morgan fingerprint density at radius 2 is 1.88 bits per heavy atom. The van der Waals surface area contributed by atoms with Crippen molar-refractivity contribution in [2.75, 3.05) is 0 Å². The molecule has 86 valence electrons. The van der Waals surface area contributed by atoms with Gasteiger partial charge in [-0.1, -0.05) is 81.0 Å². The molecule has 3 heteroatoms. The van der Waals surface area contributed by atoms with Gasteiger partial charge in [0.05, 0.1) is 0 Å². The number of hydrogen-bond acceptors (Lipinski definition) is 3. The van der Waals surface area contributed by atoms with Gasteiger partial charge in [0.2, 0.25) is 0 Å².